The highest BCUT2D eigenvalue weighted by molar-refractivity contribution is 6.30. The van der Waals surface area contributed by atoms with E-state index in [9.17, 15) is 9.59 Å². The first-order valence-corrected chi connectivity index (χ1v) is 15.6. The lowest BCUT2D eigenvalue weighted by atomic mass is 9.83. The zero-order chi connectivity index (χ0) is 28.9. The Bertz CT molecular complexity index is 1340. The predicted molar refractivity (Wildman–Crippen MR) is 162 cm³/mol. The number of piperazine rings is 1. The number of carbonyl (C=O) groups excluding carboxylic acids is 2. The number of hydrogen-bond acceptors (Lipinski definition) is 6. The molecule has 0 spiro atoms. The van der Waals surface area contributed by atoms with E-state index in [4.69, 9.17) is 11.6 Å². The van der Waals surface area contributed by atoms with Crippen molar-refractivity contribution in [1.82, 2.24) is 35.2 Å². The van der Waals surface area contributed by atoms with E-state index >= 15 is 0 Å². The Labute approximate surface area is 252 Å². The minimum absolute atomic E-state index is 0.0167. The third-order valence-corrected chi connectivity index (χ3v) is 9.47. The van der Waals surface area contributed by atoms with Gasteiger partial charge in [-0.3, -0.25) is 19.2 Å². The second-order valence-corrected chi connectivity index (χ2v) is 12.3. The highest BCUT2D eigenvalue weighted by atomic mass is 35.5. The first kappa shape index (κ1) is 28.8. The third-order valence-electron chi connectivity index (χ3n) is 9.22. The number of halogens is 1. The van der Waals surface area contributed by atoms with E-state index in [0.717, 1.165) is 25.2 Å². The Morgan fingerprint density at radius 1 is 1.00 bits per heavy atom. The summed E-state index contributed by atoms with van der Waals surface area (Å²) in [5, 5.41) is 11.5. The molecule has 42 heavy (non-hydrogen) atoms. The number of nitrogens with zero attached hydrogens (tertiary/aromatic N) is 5. The Hall–Kier alpha value is -3.27. The summed E-state index contributed by atoms with van der Waals surface area (Å²) in [7, 11) is 0. The molecule has 2 aliphatic heterocycles. The zero-order valence-electron chi connectivity index (χ0n) is 24.0. The van der Waals surface area contributed by atoms with Crippen molar-refractivity contribution in [1.29, 1.82) is 0 Å². The molecule has 1 aromatic heterocycles. The largest absolute Gasteiger partial charge is 0.343 e. The summed E-state index contributed by atoms with van der Waals surface area (Å²) in [5.41, 5.74) is 3.37. The zero-order valence-corrected chi connectivity index (χ0v) is 24.8. The van der Waals surface area contributed by atoms with Crippen molar-refractivity contribution in [2.75, 3.05) is 26.2 Å². The van der Waals surface area contributed by atoms with Gasteiger partial charge in [0.25, 0.3) is 0 Å². The van der Waals surface area contributed by atoms with E-state index in [1.54, 1.807) is 12.7 Å². The van der Waals surface area contributed by atoms with Crippen LogP contribution < -0.4 is 10.6 Å². The summed E-state index contributed by atoms with van der Waals surface area (Å²) in [5.74, 6) is 0.387. The highest BCUT2D eigenvalue weighted by Gasteiger charge is 2.36. The molecule has 2 aromatic carbocycles. The van der Waals surface area contributed by atoms with Gasteiger partial charge in [-0.05, 0) is 54.0 Å². The van der Waals surface area contributed by atoms with Gasteiger partial charge in [0.05, 0.1) is 6.04 Å². The van der Waals surface area contributed by atoms with Crippen LogP contribution in [-0.2, 0) is 35.5 Å². The monoisotopic (exact) mass is 589 g/mol. The molecular formula is C32H40ClN7O2. The van der Waals surface area contributed by atoms with Crippen LogP contribution >= 0.6 is 11.6 Å². The molecule has 0 bridgehead atoms. The number of aromatic nitrogens is 3. The molecule has 2 unspecified atom stereocenters. The first-order valence-electron chi connectivity index (χ1n) is 15.2. The van der Waals surface area contributed by atoms with Gasteiger partial charge in [-0.2, -0.15) is 5.10 Å². The molecule has 9 nitrogen and oxygen atoms in total. The molecule has 222 valence electrons. The lowest BCUT2D eigenvalue weighted by Gasteiger charge is -2.44. The summed E-state index contributed by atoms with van der Waals surface area (Å²) >= 11 is 6.12. The number of nitrogens with one attached hydrogen (secondary N) is 2. The minimum atomic E-state index is -0.640. The van der Waals surface area contributed by atoms with Crippen molar-refractivity contribution < 1.29 is 9.59 Å². The quantitative estimate of drug-likeness (QED) is 0.419. The number of benzene rings is 2. The second kappa shape index (κ2) is 13.4. The molecule has 3 aromatic rings. The molecular weight excluding hydrogens is 550 g/mol. The number of hydrogen-bond donors (Lipinski definition) is 2. The smallest absolute Gasteiger partial charge is 0.245 e. The fraction of sp³-hybridized carbons (Fsp3) is 0.500. The molecule has 0 radical (unpaired) electrons. The van der Waals surface area contributed by atoms with Crippen molar-refractivity contribution in [2.24, 2.45) is 5.92 Å². The van der Waals surface area contributed by atoms with Crippen LogP contribution in [-0.4, -0.2) is 80.7 Å². The molecule has 2 amide bonds. The number of amides is 2. The Morgan fingerprint density at radius 2 is 1.76 bits per heavy atom. The van der Waals surface area contributed by atoms with Crippen LogP contribution in [0.5, 0.6) is 0 Å². The van der Waals surface area contributed by atoms with Gasteiger partial charge in [-0.25, -0.2) is 4.98 Å². The normalized spacial score (nSPS) is 23.6. The molecule has 10 heteroatoms. The van der Waals surface area contributed by atoms with Gasteiger partial charge in [0, 0.05) is 56.8 Å². The lowest BCUT2D eigenvalue weighted by molar-refractivity contribution is -0.139. The van der Waals surface area contributed by atoms with Crippen LogP contribution in [0.15, 0.2) is 61.2 Å². The van der Waals surface area contributed by atoms with E-state index in [0.29, 0.717) is 49.5 Å². The topological polar surface area (TPSA) is 95.4 Å². The second-order valence-electron chi connectivity index (χ2n) is 11.9. The van der Waals surface area contributed by atoms with E-state index in [2.05, 4.69) is 37.7 Å². The Morgan fingerprint density at radius 3 is 2.52 bits per heavy atom. The Balaban J connectivity index is 1.11. The molecule has 2 fully saturated rings. The number of fused-ring (bicyclic) bond motifs is 1. The minimum Gasteiger partial charge on any atom is -0.343 e. The maximum Gasteiger partial charge on any atom is 0.245 e. The van der Waals surface area contributed by atoms with E-state index in [1.165, 1.54) is 36.8 Å². The van der Waals surface area contributed by atoms with Crippen LogP contribution in [0.4, 0.5) is 0 Å². The molecule has 1 saturated carbocycles. The third kappa shape index (κ3) is 6.85. The molecule has 6 rings (SSSR count). The number of rotatable bonds is 8. The van der Waals surface area contributed by atoms with Crippen molar-refractivity contribution in [3.63, 3.8) is 0 Å². The van der Waals surface area contributed by atoms with Gasteiger partial charge in [-0.1, -0.05) is 60.8 Å². The highest BCUT2D eigenvalue weighted by Crippen LogP contribution is 2.30. The van der Waals surface area contributed by atoms with Crippen molar-refractivity contribution >= 4 is 23.4 Å². The maximum atomic E-state index is 14.0. The van der Waals surface area contributed by atoms with Crippen LogP contribution in [0.3, 0.4) is 0 Å². The van der Waals surface area contributed by atoms with Crippen LogP contribution in [0.25, 0.3) is 0 Å². The standard InChI is InChI=1S/C32H40ClN7O2/c33-27-11-9-23(10-12-27)17-29(37-31(41)28-18-24-5-1-2-6-25(24)19-35-28)32(42)39-15-13-38(14-16-39)30-8-4-3-7-26(30)20-40-22-34-21-36-40/h1-2,5-6,9-12,21-22,26,28-30,35H,3-4,7-8,13-20H2,(H,37,41)/t26?,28-,29-,30?/m1/s1. The lowest BCUT2D eigenvalue weighted by Crippen LogP contribution is -2.59. The van der Waals surface area contributed by atoms with E-state index in [-0.39, 0.29) is 17.9 Å². The average molecular weight is 590 g/mol. The summed E-state index contributed by atoms with van der Waals surface area (Å²) in [6.45, 7) is 4.53. The van der Waals surface area contributed by atoms with Gasteiger partial charge in [0.1, 0.15) is 18.7 Å². The van der Waals surface area contributed by atoms with Crippen LogP contribution in [0, 0.1) is 5.92 Å². The van der Waals surface area contributed by atoms with Crippen LogP contribution in [0.2, 0.25) is 5.02 Å². The maximum absolute atomic E-state index is 14.0. The van der Waals surface area contributed by atoms with E-state index < -0.39 is 6.04 Å². The summed E-state index contributed by atoms with van der Waals surface area (Å²) in [6.07, 6.45) is 9.31. The Kier molecular flexibility index (Phi) is 9.17. The molecule has 4 atom stereocenters. The van der Waals surface area contributed by atoms with Gasteiger partial charge in [0.15, 0.2) is 0 Å². The van der Waals surface area contributed by atoms with Gasteiger partial charge in [0.2, 0.25) is 11.8 Å². The van der Waals surface area contributed by atoms with E-state index in [1.807, 2.05) is 46.0 Å². The fourth-order valence-electron chi connectivity index (χ4n) is 6.91. The van der Waals surface area contributed by atoms with Gasteiger partial charge >= 0.3 is 0 Å². The summed E-state index contributed by atoms with van der Waals surface area (Å²) < 4.78 is 1.95. The molecule has 3 heterocycles. The fourth-order valence-corrected chi connectivity index (χ4v) is 7.04. The molecule has 1 saturated heterocycles. The summed E-state index contributed by atoms with van der Waals surface area (Å²) in [6, 6.07) is 15.2. The van der Waals surface area contributed by atoms with Crippen LogP contribution in [0.1, 0.15) is 42.4 Å². The van der Waals surface area contributed by atoms with Gasteiger partial charge in [-0.15, -0.1) is 0 Å². The van der Waals surface area contributed by atoms with Crippen molar-refractivity contribution in [3.05, 3.63) is 82.9 Å². The first-order chi connectivity index (χ1) is 20.5. The average Bonchev–Trinajstić information content (AvgIpc) is 3.55. The molecule has 1 aliphatic carbocycles. The SMILES string of the molecule is O=C(N[C@H](Cc1ccc(Cl)cc1)C(=O)N1CCN(C2CCCCC2Cn2cncn2)CC1)[C@H]1Cc2ccccc2CN1. The van der Waals surface area contributed by atoms with Crippen molar-refractivity contribution in [2.45, 2.75) is 69.7 Å². The van der Waals surface area contributed by atoms with Crippen molar-refractivity contribution in [3.8, 4) is 0 Å². The summed E-state index contributed by atoms with van der Waals surface area (Å²) in [4.78, 5) is 36.1. The molecule has 2 N–H and O–H groups in total. The predicted octanol–water partition coefficient (Wildman–Crippen LogP) is 3.08. The van der Waals surface area contributed by atoms with Gasteiger partial charge < -0.3 is 15.5 Å². The molecule has 3 aliphatic rings. The number of carbonyl (C=O) groups is 2.